The number of nitrogens with one attached hydrogen (secondary N) is 1. The van der Waals surface area contributed by atoms with Crippen LogP contribution >= 0.6 is 11.3 Å². The van der Waals surface area contributed by atoms with Crippen molar-refractivity contribution in [2.45, 2.75) is 13.8 Å². The molecule has 2 rings (SSSR count). The summed E-state index contributed by atoms with van der Waals surface area (Å²) in [6.07, 6.45) is 4.81. The molecule has 4 nitrogen and oxygen atoms in total. The van der Waals surface area contributed by atoms with Gasteiger partial charge in [-0.25, -0.2) is 9.97 Å². The van der Waals surface area contributed by atoms with Crippen LogP contribution in [0.1, 0.15) is 16.3 Å². The van der Waals surface area contributed by atoms with Gasteiger partial charge in [0.15, 0.2) is 0 Å². The number of amides is 1. The fourth-order valence-corrected chi connectivity index (χ4v) is 1.97. The molecule has 0 unspecified atom stereocenters. The fourth-order valence-electron chi connectivity index (χ4n) is 1.39. The number of carbonyl (C=O) groups is 1. The van der Waals surface area contributed by atoms with Crippen LogP contribution in [0.3, 0.4) is 0 Å². The number of carbonyl (C=O) groups excluding carboxylic acids is 1. The first-order valence-electron chi connectivity index (χ1n) is 5.47. The van der Waals surface area contributed by atoms with Gasteiger partial charge < -0.3 is 5.32 Å². The number of nitrogens with zero attached hydrogens (tertiary/aromatic N) is 2. The first-order valence-corrected chi connectivity index (χ1v) is 6.35. The zero-order chi connectivity index (χ0) is 13.0. The summed E-state index contributed by atoms with van der Waals surface area (Å²) in [5.41, 5.74) is 1.85. The van der Waals surface area contributed by atoms with Crippen molar-refractivity contribution in [3.63, 3.8) is 0 Å². The molecule has 0 spiro atoms. The first kappa shape index (κ1) is 12.4. The van der Waals surface area contributed by atoms with E-state index >= 15 is 0 Å². The Morgan fingerprint density at radius 1 is 1.44 bits per heavy atom. The van der Waals surface area contributed by atoms with Gasteiger partial charge in [-0.15, -0.1) is 11.3 Å². The van der Waals surface area contributed by atoms with Crippen LogP contribution in [0.2, 0.25) is 0 Å². The molecule has 0 bridgehead atoms. The molecule has 2 aromatic rings. The van der Waals surface area contributed by atoms with Gasteiger partial charge in [-0.3, -0.25) is 4.79 Å². The topological polar surface area (TPSA) is 54.9 Å². The van der Waals surface area contributed by atoms with Crippen LogP contribution in [-0.4, -0.2) is 15.9 Å². The molecule has 0 saturated carbocycles. The van der Waals surface area contributed by atoms with Crippen LogP contribution in [0.4, 0.5) is 5.82 Å². The van der Waals surface area contributed by atoms with Crippen molar-refractivity contribution < 1.29 is 4.79 Å². The summed E-state index contributed by atoms with van der Waals surface area (Å²) in [6.45, 7) is 3.88. The van der Waals surface area contributed by atoms with E-state index in [9.17, 15) is 4.79 Å². The van der Waals surface area contributed by atoms with Gasteiger partial charge in [0.05, 0.1) is 10.7 Å². The van der Waals surface area contributed by atoms with Crippen molar-refractivity contribution in [2.75, 3.05) is 5.32 Å². The van der Waals surface area contributed by atoms with Crippen LogP contribution in [-0.2, 0) is 4.79 Å². The monoisotopic (exact) mass is 259 g/mol. The number of aryl methyl sites for hydroxylation is 2. The van der Waals surface area contributed by atoms with E-state index in [2.05, 4.69) is 15.3 Å². The predicted molar refractivity (Wildman–Crippen MR) is 73.5 cm³/mol. The maximum atomic E-state index is 11.6. The Bertz CT molecular complexity index is 589. The van der Waals surface area contributed by atoms with Gasteiger partial charge in [-0.1, -0.05) is 0 Å². The molecule has 1 N–H and O–H groups in total. The molecule has 0 fully saturated rings. The molecule has 0 atom stereocenters. The molecule has 0 saturated heterocycles. The van der Waals surface area contributed by atoms with Crippen LogP contribution < -0.4 is 5.32 Å². The van der Waals surface area contributed by atoms with E-state index in [4.69, 9.17) is 0 Å². The van der Waals surface area contributed by atoms with Crippen molar-refractivity contribution in [1.29, 1.82) is 0 Å². The number of thiazole rings is 1. The molecule has 18 heavy (non-hydrogen) atoms. The zero-order valence-corrected chi connectivity index (χ0v) is 11.0. The van der Waals surface area contributed by atoms with E-state index in [0.29, 0.717) is 5.82 Å². The van der Waals surface area contributed by atoms with Crippen molar-refractivity contribution in [2.24, 2.45) is 0 Å². The van der Waals surface area contributed by atoms with Crippen molar-refractivity contribution in [1.82, 2.24) is 9.97 Å². The lowest BCUT2D eigenvalue weighted by molar-refractivity contribution is -0.111. The summed E-state index contributed by atoms with van der Waals surface area (Å²) < 4.78 is 0. The average Bonchev–Trinajstić information content (AvgIpc) is 2.73. The van der Waals surface area contributed by atoms with Gasteiger partial charge in [0.1, 0.15) is 5.82 Å². The van der Waals surface area contributed by atoms with Crippen LogP contribution in [0.25, 0.3) is 6.08 Å². The molecular formula is C13H13N3OS. The van der Waals surface area contributed by atoms with Crippen LogP contribution in [0.5, 0.6) is 0 Å². The summed E-state index contributed by atoms with van der Waals surface area (Å²) in [5.74, 6) is 0.345. The van der Waals surface area contributed by atoms with Crippen LogP contribution in [0.15, 0.2) is 29.8 Å². The first-order chi connectivity index (χ1) is 8.63. The predicted octanol–water partition coefficient (Wildman–Crippen LogP) is 2.81. The van der Waals surface area contributed by atoms with Gasteiger partial charge in [0.25, 0.3) is 0 Å². The summed E-state index contributed by atoms with van der Waals surface area (Å²) in [7, 11) is 0. The van der Waals surface area contributed by atoms with E-state index in [1.807, 2.05) is 31.4 Å². The lowest BCUT2D eigenvalue weighted by Crippen LogP contribution is -2.09. The lowest BCUT2D eigenvalue weighted by Gasteiger charge is -2.01. The Labute approximate surface area is 109 Å². The van der Waals surface area contributed by atoms with Crippen molar-refractivity contribution >= 4 is 29.1 Å². The third-order valence-electron chi connectivity index (χ3n) is 2.21. The standard InChI is InChI=1S/C13H13N3OS/c1-9-5-6-14-12(7-9)16-13(17)4-3-11-8-18-10(2)15-11/h3-8H,1-2H3,(H,14,16,17)/b4-3+. The fraction of sp³-hybridized carbons (Fsp3) is 0.154. The second kappa shape index (κ2) is 5.55. The average molecular weight is 259 g/mol. The Hall–Kier alpha value is -2.01. The van der Waals surface area contributed by atoms with Gasteiger partial charge >= 0.3 is 0 Å². The van der Waals surface area contributed by atoms with Gasteiger partial charge in [0.2, 0.25) is 5.91 Å². The summed E-state index contributed by atoms with van der Waals surface area (Å²) in [4.78, 5) is 19.9. The van der Waals surface area contributed by atoms with Gasteiger partial charge in [0, 0.05) is 17.7 Å². The van der Waals surface area contributed by atoms with E-state index in [1.54, 1.807) is 23.6 Å². The Balaban J connectivity index is 1.98. The number of rotatable bonds is 3. The Morgan fingerprint density at radius 2 is 2.28 bits per heavy atom. The van der Waals surface area contributed by atoms with Gasteiger partial charge in [-0.05, 0) is 37.6 Å². The summed E-state index contributed by atoms with van der Waals surface area (Å²) >= 11 is 1.56. The van der Waals surface area contributed by atoms with Crippen LogP contribution in [0, 0.1) is 13.8 Å². The number of hydrogen-bond acceptors (Lipinski definition) is 4. The van der Waals surface area contributed by atoms with E-state index in [1.165, 1.54) is 6.08 Å². The molecule has 92 valence electrons. The lowest BCUT2D eigenvalue weighted by atomic mass is 10.3. The summed E-state index contributed by atoms with van der Waals surface area (Å²) in [6, 6.07) is 3.70. The highest BCUT2D eigenvalue weighted by atomic mass is 32.1. The second-order valence-corrected chi connectivity index (χ2v) is 4.89. The quantitative estimate of drug-likeness (QED) is 0.862. The Kier molecular flexibility index (Phi) is 3.84. The smallest absolute Gasteiger partial charge is 0.249 e. The number of anilines is 1. The molecule has 0 aliphatic heterocycles. The molecule has 0 aliphatic rings. The largest absolute Gasteiger partial charge is 0.307 e. The Morgan fingerprint density at radius 3 is 2.94 bits per heavy atom. The molecule has 1 amide bonds. The zero-order valence-electron chi connectivity index (χ0n) is 10.2. The minimum Gasteiger partial charge on any atom is -0.307 e. The second-order valence-electron chi connectivity index (χ2n) is 3.83. The SMILES string of the molecule is Cc1ccnc(NC(=O)/C=C/c2csc(C)n2)c1. The molecule has 2 aromatic heterocycles. The minimum atomic E-state index is -0.209. The molecule has 0 radical (unpaired) electrons. The van der Waals surface area contributed by atoms with E-state index < -0.39 is 0 Å². The number of aromatic nitrogens is 2. The minimum absolute atomic E-state index is 0.209. The van der Waals surface area contributed by atoms with Crippen molar-refractivity contribution in [3.05, 3.63) is 46.1 Å². The molecule has 0 aliphatic carbocycles. The third kappa shape index (κ3) is 3.49. The number of pyridine rings is 1. The summed E-state index contributed by atoms with van der Waals surface area (Å²) in [5, 5.41) is 5.59. The third-order valence-corrected chi connectivity index (χ3v) is 3.00. The maximum absolute atomic E-state index is 11.6. The highest BCUT2D eigenvalue weighted by molar-refractivity contribution is 7.09. The molecule has 5 heteroatoms. The number of hydrogen-bond donors (Lipinski definition) is 1. The molecule has 2 heterocycles. The molecule has 0 aromatic carbocycles. The van der Waals surface area contributed by atoms with E-state index in [0.717, 1.165) is 16.3 Å². The highest BCUT2D eigenvalue weighted by Crippen LogP contribution is 2.09. The molecular weight excluding hydrogens is 246 g/mol. The normalized spacial score (nSPS) is 10.8. The maximum Gasteiger partial charge on any atom is 0.249 e. The van der Waals surface area contributed by atoms with Gasteiger partial charge in [-0.2, -0.15) is 0 Å². The van der Waals surface area contributed by atoms with Crippen molar-refractivity contribution in [3.8, 4) is 0 Å². The van der Waals surface area contributed by atoms with E-state index in [-0.39, 0.29) is 5.91 Å². The highest BCUT2D eigenvalue weighted by Gasteiger charge is 2.00.